The van der Waals surface area contributed by atoms with Crippen molar-refractivity contribution in [2.45, 2.75) is 6.92 Å². The predicted molar refractivity (Wildman–Crippen MR) is 90.0 cm³/mol. The Hall–Kier alpha value is -2.74. The molecule has 2 heterocycles. The van der Waals surface area contributed by atoms with E-state index in [1.807, 2.05) is 0 Å². The fourth-order valence-electron chi connectivity index (χ4n) is 2.78. The van der Waals surface area contributed by atoms with Crippen LogP contribution in [0.2, 0.25) is 0 Å². The van der Waals surface area contributed by atoms with E-state index in [0.29, 0.717) is 0 Å². The van der Waals surface area contributed by atoms with Gasteiger partial charge in [0, 0.05) is 11.4 Å². The molecule has 0 saturated carbocycles. The van der Waals surface area contributed by atoms with E-state index in [-0.39, 0.29) is 0 Å². The van der Waals surface area contributed by atoms with E-state index in [1.54, 1.807) is 0 Å². The van der Waals surface area contributed by atoms with E-state index in [9.17, 15) is 0 Å². The van der Waals surface area contributed by atoms with Gasteiger partial charge in [0.05, 0.1) is 11.4 Å². The van der Waals surface area contributed by atoms with Crippen molar-refractivity contribution in [3.05, 3.63) is 82.7 Å². The number of benzene rings is 2. The standard InChI is InChI=1S/C19H16N2/c1-13-5-4-7-15-10-12-18(21-19(13)15)17-11-9-14-6-2-3-8-16(14)20-17/h2-12,20-21H,1H3/b18-17-. The fourth-order valence-corrected chi connectivity index (χ4v) is 2.78. The maximum absolute atomic E-state index is 3.54. The third-order valence-corrected chi connectivity index (χ3v) is 3.94. The molecule has 2 aromatic carbocycles. The van der Waals surface area contributed by atoms with E-state index < -0.39 is 0 Å². The summed E-state index contributed by atoms with van der Waals surface area (Å²) >= 11 is 0. The zero-order valence-corrected chi connectivity index (χ0v) is 11.9. The number of nitrogens with one attached hydrogen (secondary N) is 2. The summed E-state index contributed by atoms with van der Waals surface area (Å²) in [5.41, 5.74) is 8.25. The molecule has 0 aliphatic carbocycles. The Bertz CT molecular complexity index is 810. The van der Waals surface area contributed by atoms with Gasteiger partial charge < -0.3 is 10.6 Å². The minimum atomic E-state index is 1.10. The summed E-state index contributed by atoms with van der Waals surface area (Å²) in [5.74, 6) is 0. The topological polar surface area (TPSA) is 24.1 Å². The maximum Gasteiger partial charge on any atom is 0.0623 e. The molecule has 0 spiro atoms. The monoisotopic (exact) mass is 272 g/mol. The molecule has 102 valence electrons. The van der Waals surface area contributed by atoms with Gasteiger partial charge in [0.25, 0.3) is 0 Å². The lowest BCUT2D eigenvalue weighted by molar-refractivity contribution is 1.31. The number of hydrogen-bond donors (Lipinski definition) is 2. The smallest absolute Gasteiger partial charge is 0.0623 e. The number of para-hydroxylation sites is 2. The van der Waals surface area contributed by atoms with E-state index in [0.717, 1.165) is 17.1 Å². The first kappa shape index (κ1) is 12.0. The third kappa shape index (κ3) is 2.05. The zero-order valence-electron chi connectivity index (χ0n) is 11.9. The van der Waals surface area contributed by atoms with Crippen LogP contribution in [0.5, 0.6) is 0 Å². The Balaban J connectivity index is 1.75. The Labute approximate surface area is 124 Å². The van der Waals surface area contributed by atoms with Crippen molar-refractivity contribution in [1.29, 1.82) is 0 Å². The summed E-state index contributed by atoms with van der Waals surface area (Å²) in [6.07, 6.45) is 8.56. The van der Waals surface area contributed by atoms with Gasteiger partial charge in [-0.1, -0.05) is 48.6 Å². The molecule has 0 atom stereocenters. The van der Waals surface area contributed by atoms with Gasteiger partial charge in [-0.05, 0) is 41.8 Å². The summed E-state index contributed by atoms with van der Waals surface area (Å²) in [7, 11) is 0. The molecule has 2 nitrogen and oxygen atoms in total. The lowest BCUT2D eigenvalue weighted by Crippen LogP contribution is -2.13. The minimum Gasteiger partial charge on any atom is -0.353 e. The van der Waals surface area contributed by atoms with Crippen molar-refractivity contribution < 1.29 is 0 Å². The number of aryl methyl sites for hydroxylation is 1. The molecule has 2 aliphatic rings. The van der Waals surface area contributed by atoms with E-state index >= 15 is 0 Å². The quantitative estimate of drug-likeness (QED) is 0.721. The molecule has 2 aromatic rings. The van der Waals surface area contributed by atoms with Crippen molar-refractivity contribution in [3.63, 3.8) is 0 Å². The first-order chi connectivity index (χ1) is 10.3. The maximum atomic E-state index is 3.54. The van der Waals surface area contributed by atoms with Crippen LogP contribution < -0.4 is 10.6 Å². The number of hydrogen-bond acceptors (Lipinski definition) is 2. The Morgan fingerprint density at radius 3 is 2.29 bits per heavy atom. The van der Waals surface area contributed by atoms with Gasteiger partial charge in [0.2, 0.25) is 0 Å². The predicted octanol–water partition coefficient (Wildman–Crippen LogP) is 4.78. The second-order valence-electron chi connectivity index (χ2n) is 5.37. The van der Waals surface area contributed by atoms with E-state index in [1.165, 1.54) is 22.4 Å². The molecule has 2 N–H and O–H groups in total. The van der Waals surface area contributed by atoms with Crippen molar-refractivity contribution >= 4 is 23.5 Å². The first-order valence-corrected chi connectivity index (χ1v) is 7.14. The molecule has 21 heavy (non-hydrogen) atoms. The van der Waals surface area contributed by atoms with Gasteiger partial charge >= 0.3 is 0 Å². The number of anilines is 2. The van der Waals surface area contributed by atoms with Gasteiger partial charge in [0.1, 0.15) is 0 Å². The summed E-state index contributed by atoms with van der Waals surface area (Å²) in [4.78, 5) is 0. The molecule has 0 bridgehead atoms. The van der Waals surface area contributed by atoms with Gasteiger partial charge in [-0.15, -0.1) is 0 Å². The summed E-state index contributed by atoms with van der Waals surface area (Å²) in [6, 6.07) is 14.7. The number of rotatable bonds is 0. The second kappa shape index (κ2) is 4.67. The molecule has 0 unspecified atom stereocenters. The van der Waals surface area contributed by atoms with E-state index in [2.05, 4.69) is 84.3 Å². The summed E-state index contributed by atoms with van der Waals surface area (Å²) in [5, 5.41) is 7.04. The highest BCUT2D eigenvalue weighted by atomic mass is 15.0. The molecule has 0 aromatic heterocycles. The van der Waals surface area contributed by atoms with Crippen molar-refractivity contribution in [3.8, 4) is 0 Å². The van der Waals surface area contributed by atoms with Crippen molar-refractivity contribution in [2.75, 3.05) is 10.6 Å². The second-order valence-corrected chi connectivity index (χ2v) is 5.37. The highest BCUT2D eigenvalue weighted by Crippen LogP contribution is 2.31. The highest BCUT2D eigenvalue weighted by Gasteiger charge is 2.14. The molecule has 2 heteroatoms. The van der Waals surface area contributed by atoms with Crippen LogP contribution in [-0.4, -0.2) is 0 Å². The van der Waals surface area contributed by atoms with Crippen LogP contribution >= 0.6 is 0 Å². The molecule has 0 fully saturated rings. The summed E-state index contributed by atoms with van der Waals surface area (Å²) in [6.45, 7) is 2.13. The van der Waals surface area contributed by atoms with Crippen LogP contribution in [0.1, 0.15) is 16.7 Å². The summed E-state index contributed by atoms with van der Waals surface area (Å²) < 4.78 is 0. The Kier molecular flexibility index (Phi) is 2.68. The van der Waals surface area contributed by atoms with Crippen LogP contribution in [0.3, 0.4) is 0 Å². The van der Waals surface area contributed by atoms with Gasteiger partial charge in [-0.25, -0.2) is 0 Å². The lowest BCUT2D eigenvalue weighted by Gasteiger charge is -2.23. The molecule has 0 saturated heterocycles. The molecule has 0 amide bonds. The molecule has 4 rings (SSSR count). The van der Waals surface area contributed by atoms with Gasteiger partial charge in [0.15, 0.2) is 0 Å². The van der Waals surface area contributed by atoms with Crippen molar-refractivity contribution in [1.82, 2.24) is 0 Å². The fraction of sp³-hybridized carbons (Fsp3) is 0.0526. The highest BCUT2D eigenvalue weighted by molar-refractivity contribution is 5.81. The molecular weight excluding hydrogens is 256 g/mol. The molecular formula is C19H16N2. The average molecular weight is 272 g/mol. The number of allylic oxidation sites excluding steroid dienone is 2. The SMILES string of the molecule is Cc1cccc2c1N/C(=C1/C=Cc3ccccc3N1)C=C2. The molecule has 0 radical (unpaired) electrons. The first-order valence-electron chi connectivity index (χ1n) is 7.14. The number of fused-ring (bicyclic) bond motifs is 2. The Morgan fingerprint density at radius 2 is 1.38 bits per heavy atom. The normalized spacial score (nSPS) is 18.5. The minimum absolute atomic E-state index is 1.10. The van der Waals surface area contributed by atoms with E-state index in [4.69, 9.17) is 0 Å². The van der Waals surface area contributed by atoms with Crippen LogP contribution in [0, 0.1) is 6.92 Å². The van der Waals surface area contributed by atoms with Crippen molar-refractivity contribution in [2.24, 2.45) is 0 Å². The van der Waals surface area contributed by atoms with Crippen LogP contribution in [0.4, 0.5) is 11.4 Å². The van der Waals surface area contributed by atoms with Crippen LogP contribution in [0.15, 0.2) is 66.0 Å². The lowest BCUT2D eigenvalue weighted by atomic mass is 10.0. The van der Waals surface area contributed by atoms with Crippen LogP contribution in [0.25, 0.3) is 12.2 Å². The largest absolute Gasteiger partial charge is 0.353 e. The third-order valence-electron chi connectivity index (χ3n) is 3.94. The van der Waals surface area contributed by atoms with Crippen LogP contribution in [-0.2, 0) is 0 Å². The zero-order chi connectivity index (χ0) is 14.2. The Morgan fingerprint density at radius 1 is 0.667 bits per heavy atom. The van der Waals surface area contributed by atoms with Gasteiger partial charge in [-0.3, -0.25) is 0 Å². The van der Waals surface area contributed by atoms with Gasteiger partial charge in [-0.2, -0.15) is 0 Å². The average Bonchev–Trinajstić information content (AvgIpc) is 2.54. The molecule has 2 aliphatic heterocycles.